The molecule has 0 unspecified atom stereocenters. The molecular weight excluding hydrogens is 461 g/mol. The van der Waals surface area contributed by atoms with Crippen molar-refractivity contribution in [3.8, 4) is 0 Å². The van der Waals surface area contributed by atoms with Crippen LogP contribution in [-0.2, 0) is 34.5 Å². The fraction of sp³-hybridized carbons (Fsp3) is 0.261. The van der Waals surface area contributed by atoms with Gasteiger partial charge in [-0.1, -0.05) is 30.3 Å². The quantitative estimate of drug-likeness (QED) is 0.449. The van der Waals surface area contributed by atoms with Crippen molar-refractivity contribution in [2.24, 2.45) is 0 Å². The largest absolute Gasteiger partial charge is 0.354 e. The smallest absolute Gasteiger partial charge is 0.266 e. The number of carbonyl (C=O) groups is 1. The minimum Gasteiger partial charge on any atom is -0.354 e. The summed E-state index contributed by atoms with van der Waals surface area (Å²) in [4.78, 5) is 13.2. The van der Waals surface area contributed by atoms with E-state index in [0.29, 0.717) is 37.0 Å². The number of sulfonamides is 1. The number of aryl methyl sites for hydroxylation is 1. The highest BCUT2D eigenvalue weighted by Gasteiger charge is 2.26. The van der Waals surface area contributed by atoms with Gasteiger partial charge >= 0.3 is 0 Å². The summed E-state index contributed by atoms with van der Waals surface area (Å²) < 4.78 is 48.9. The van der Waals surface area contributed by atoms with Gasteiger partial charge in [-0.2, -0.15) is 5.10 Å². The summed E-state index contributed by atoms with van der Waals surface area (Å²) in [5.74, 6) is -0.742. The van der Waals surface area contributed by atoms with Crippen LogP contribution in [0.5, 0.6) is 0 Å². The van der Waals surface area contributed by atoms with Crippen LogP contribution in [0.2, 0.25) is 0 Å². The topological polar surface area (TPSA) is 110 Å². The van der Waals surface area contributed by atoms with Gasteiger partial charge in [-0.15, -0.1) is 0 Å². The normalized spacial score (nSPS) is 13.4. The van der Waals surface area contributed by atoms with Crippen LogP contribution in [0.1, 0.15) is 35.7 Å². The van der Waals surface area contributed by atoms with Gasteiger partial charge in [0.2, 0.25) is 5.91 Å². The average molecular weight is 484 g/mol. The molecule has 1 amide bonds. The number of aromatic nitrogens is 3. The number of hydrogen-bond donors (Lipinski definition) is 1. The predicted molar refractivity (Wildman–Crippen MR) is 122 cm³/mol. The molecular formula is C23H22FN5O4S. The number of rotatable bonds is 6. The van der Waals surface area contributed by atoms with Gasteiger partial charge in [0.1, 0.15) is 10.7 Å². The van der Waals surface area contributed by atoms with Crippen LogP contribution in [0.3, 0.4) is 0 Å². The van der Waals surface area contributed by atoms with E-state index >= 15 is 0 Å². The van der Waals surface area contributed by atoms with Crippen molar-refractivity contribution in [1.29, 1.82) is 0 Å². The number of halogens is 1. The Bertz CT molecular complexity index is 1500. The number of benzene rings is 2. The Labute approximate surface area is 195 Å². The highest BCUT2D eigenvalue weighted by molar-refractivity contribution is 7.92. The zero-order chi connectivity index (χ0) is 24.0. The molecule has 3 heterocycles. The van der Waals surface area contributed by atoms with Crippen LogP contribution in [0.25, 0.3) is 11.0 Å². The maximum absolute atomic E-state index is 14.0. The summed E-state index contributed by atoms with van der Waals surface area (Å²) in [5, 5.41) is 8.98. The Kier molecular flexibility index (Phi) is 5.35. The molecule has 1 N–H and O–H groups in total. The molecule has 0 spiro atoms. The lowest BCUT2D eigenvalue weighted by atomic mass is 10.1. The van der Waals surface area contributed by atoms with Crippen LogP contribution in [-0.4, -0.2) is 34.2 Å². The number of carbonyl (C=O) groups excluding carboxylic acids is 1. The Morgan fingerprint density at radius 3 is 2.76 bits per heavy atom. The van der Waals surface area contributed by atoms with Gasteiger partial charge in [0, 0.05) is 24.7 Å². The lowest BCUT2D eigenvalue weighted by molar-refractivity contribution is -0.131. The van der Waals surface area contributed by atoms with Crippen molar-refractivity contribution in [3.63, 3.8) is 0 Å². The lowest BCUT2D eigenvalue weighted by Gasteiger charge is -2.14. The molecule has 0 bridgehead atoms. The van der Waals surface area contributed by atoms with Crippen LogP contribution in [0.4, 0.5) is 10.2 Å². The summed E-state index contributed by atoms with van der Waals surface area (Å²) in [5.41, 5.74) is 3.97. The number of hydrogen-bond acceptors (Lipinski definition) is 6. The second kappa shape index (κ2) is 8.24. The van der Waals surface area contributed by atoms with Crippen molar-refractivity contribution in [3.05, 3.63) is 70.8 Å². The SMILES string of the molecule is CCC(=O)N1Cc2cn(Cc3cc(C)c4c(NS(=O)(=O)c5ccccc5F)noc4c3)nc2C1. The van der Waals surface area contributed by atoms with Crippen LogP contribution in [0.15, 0.2) is 52.0 Å². The maximum atomic E-state index is 14.0. The molecule has 0 saturated heterocycles. The number of nitrogens with one attached hydrogen (secondary N) is 1. The van der Waals surface area contributed by atoms with Crippen molar-refractivity contribution < 1.29 is 22.1 Å². The van der Waals surface area contributed by atoms with Crippen molar-refractivity contribution >= 4 is 32.7 Å². The standard InChI is InChI=1S/C23H22FN5O4S/c1-3-21(30)28-11-16-12-29(25-18(16)13-28)10-15-8-14(2)22-19(9-15)33-26-23(22)27-34(31,32)20-7-5-4-6-17(20)24/h4-9,12H,3,10-11,13H2,1-2H3,(H,26,27). The molecule has 5 rings (SSSR count). The summed E-state index contributed by atoms with van der Waals surface area (Å²) in [6.07, 6.45) is 2.41. The molecule has 0 fully saturated rings. The molecule has 0 saturated carbocycles. The molecule has 4 aromatic rings. The first-order valence-corrected chi connectivity index (χ1v) is 12.2. The zero-order valence-corrected chi connectivity index (χ0v) is 19.4. The van der Waals surface area contributed by atoms with Gasteiger partial charge in [-0.25, -0.2) is 12.8 Å². The Morgan fingerprint density at radius 2 is 2.03 bits per heavy atom. The third-order valence-electron chi connectivity index (χ3n) is 5.81. The van der Waals surface area contributed by atoms with Crippen LogP contribution >= 0.6 is 0 Å². The van der Waals surface area contributed by atoms with E-state index in [4.69, 9.17) is 4.52 Å². The van der Waals surface area contributed by atoms with E-state index < -0.39 is 20.7 Å². The minimum atomic E-state index is -4.18. The number of amides is 1. The molecule has 9 nitrogen and oxygen atoms in total. The zero-order valence-electron chi connectivity index (χ0n) is 18.6. The first-order valence-electron chi connectivity index (χ1n) is 10.7. The molecule has 1 aliphatic rings. The van der Waals surface area contributed by atoms with Gasteiger partial charge < -0.3 is 9.42 Å². The van der Waals surface area contributed by atoms with E-state index in [9.17, 15) is 17.6 Å². The summed E-state index contributed by atoms with van der Waals surface area (Å²) in [6.45, 7) is 5.22. The number of anilines is 1. The molecule has 1 aliphatic heterocycles. The Morgan fingerprint density at radius 1 is 1.24 bits per heavy atom. The van der Waals surface area contributed by atoms with E-state index in [1.165, 1.54) is 18.2 Å². The summed E-state index contributed by atoms with van der Waals surface area (Å²) in [7, 11) is -4.18. The highest BCUT2D eigenvalue weighted by Crippen LogP contribution is 2.30. The van der Waals surface area contributed by atoms with Gasteiger partial charge in [0.25, 0.3) is 10.0 Å². The molecule has 0 atom stereocenters. The average Bonchev–Trinajstić information content (AvgIpc) is 3.47. The van der Waals surface area contributed by atoms with Crippen LogP contribution < -0.4 is 4.72 Å². The van der Waals surface area contributed by atoms with E-state index in [0.717, 1.165) is 28.5 Å². The van der Waals surface area contributed by atoms with Gasteiger partial charge in [0.15, 0.2) is 11.4 Å². The molecule has 176 valence electrons. The Hall–Kier alpha value is -3.73. The first kappa shape index (κ1) is 22.1. The second-order valence-corrected chi connectivity index (χ2v) is 9.91. The minimum absolute atomic E-state index is 0.000974. The third kappa shape index (κ3) is 3.92. The molecule has 11 heteroatoms. The summed E-state index contributed by atoms with van der Waals surface area (Å²) in [6, 6.07) is 8.80. The molecule has 2 aromatic carbocycles. The van der Waals surface area contributed by atoms with Crippen LogP contribution in [0, 0.1) is 12.7 Å². The van der Waals surface area contributed by atoms with E-state index in [1.54, 1.807) is 11.0 Å². The highest BCUT2D eigenvalue weighted by atomic mass is 32.2. The van der Waals surface area contributed by atoms with Crippen molar-refractivity contribution in [1.82, 2.24) is 19.8 Å². The Balaban J connectivity index is 1.38. The van der Waals surface area contributed by atoms with E-state index in [1.807, 2.05) is 30.8 Å². The fourth-order valence-corrected chi connectivity index (χ4v) is 5.31. The summed E-state index contributed by atoms with van der Waals surface area (Å²) >= 11 is 0. The third-order valence-corrected chi connectivity index (χ3v) is 7.19. The van der Waals surface area contributed by atoms with E-state index in [-0.39, 0.29) is 11.7 Å². The lowest BCUT2D eigenvalue weighted by Crippen LogP contribution is -2.24. The second-order valence-electron chi connectivity index (χ2n) is 8.25. The molecule has 2 aromatic heterocycles. The fourth-order valence-electron chi connectivity index (χ4n) is 4.23. The van der Waals surface area contributed by atoms with Gasteiger partial charge in [0.05, 0.1) is 24.2 Å². The van der Waals surface area contributed by atoms with Gasteiger partial charge in [-0.05, 0) is 36.2 Å². The monoisotopic (exact) mass is 483 g/mol. The molecule has 0 radical (unpaired) electrons. The maximum Gasteiger partial charge on any atom is 0.266 e. The van der Waals surface area contributed by atoms with Gasteiger partial charge in [-0.3, -0.25) is 14.2 Å². The first-order chi connectivity index (χ1) is 16.2. The van der Waals surface area contributed by atoms with Crippen molar-refractivity contribution in [2.75, 3.05) is 4.72 Å². The van der Waals surface area contributed by atoms with Crippen molar-refractivity contribution in [2.45, 2.75) is 44.8 Å². The number of fused-ring (bicyclic) bond motifs is 2. The predicted octanol–water partition coefficient (Wildman–Crippen LogP) is 3.57. The molecule has 0 aliphatic carbocycles. The van der Waals surface area contributed by atoms with E-state index in [2.05, 4.69) is 15.0 Å². The molecule has 34 heavy (non-hydrogen) atoms. The number of nitrogens with zero attached hydrogens (tertiary/aromatic N) is 4.